The van der Waals surface area contributed by atoms with Crippen molar-refractivity contribution in [2.45, 2.75) is 6.42 Å². The van der Waals surface area contributed by atoms with Crippen LogP contribution < -0.4 is 10.1 Å². The predicted octanol–water partition coefficient (Wildman–Crippen LogP) is 4.21. The van der Waals surface area contributed by atoms with E-state index in [0.29, 0.717) is 16.3 Å². The summed E-state index contributed by atoms with van der Waals surface area (Å²) in [6, 6.07) is 14.1. The van der Waals surface area contributed by atoms with Crippen molar-refractivity contribution in [1.82, 2.24) is 0 Å². The van der Waals surface area contributed by atoms with Crippen LogP contribution in [-0.4, -0.2) is 11.9 Å². The van der Waals surface area contributed by atoms with Crippen molar-refractivity contribution in [3.63, 3.8) is 0 Å². The molecule has 3 aromatic rings. The van der Waals surface area contributed by atoms with Crippen LogP contribution in [0.3, 0.4) is 0 Å². The maximum Gasteiger partial charge on any atom is 0.316 e. The highest BCUT2D eigenvalue weighted by Gasteiger charge is 2.09. The molecule has 1 aromatic carbocycles. The Labute approximate surface area is 141 Å². The third-order valence-electron chi connectivity index (χ3n) is 2.99. The van der Waals surface area contributed by atoms with Crippen molar-refractivity contribution in [3.8, 4) is 5.75 Å². The van der Waals surface area contributed by atoms with E-state index < -0.39 is 0 Å². The Hall–Kier alpha value is -2.44. The van der Waals surface area contributed by atoms with Gasteiger partial charge in [-0.15, -0.1) is 22.7 Å². The number of carbonyl (C=O) groups is 2. The molecule has 116 valence electrons. The summed E-state index contributed by atoms with van der Waals surface area (Å²) in [5, 5.41) is 6.57. The summed E-state index contributed by atoms with van der Waals surface area (Å²) in [6.07, 6.45) is 0.258. The molecule has 0 atom stereocenters. The minimum absolute atomic E-state index is 0.151. The zero-order valence-electron chi connectivity index (χ0n) is 12.0. The summed E-state index contributed by atoms with van der Waals surface area (Å²) in [5.41, 5.74) is 0.654. The Kier molecular flexibility index (Phi) is 4.85. The molecule has 2 heterocycles. The first kappa shape index (κ1) is 15.5. The highest BCUT2D eigenvalue weighted by molar-refractivity contribution is 7.12. The van der Waals surface area contributed by atoms with Crippen molar-refractivity contribution in [2.75, 3.05) is 5.32 Å². The van der Waals surface area contributed by atoms with E-state index in [1.165, 1.54) is 22.7 Å². The topological polar surface area (TPSA) is 55.4 Å². The van der Waals surface area contributed by atoms with E-state index in [1.54, 1.807) is 30.3 Å². The summed E-state index contributed by atoms with van der Waals surface area (Å²) < 4.78 is 5.28. The van der Waals surface area contributed by atoms with Crippen molar-refractivity contribution in [3.05, 3.63) is 69.0 Å². The minimum atomic E-state index is -0.303. The molecule has 3 rings (SSSR count). The zero-order chi connectivity index (χ0) is 16.1. The molecular weight excluding hydrogens is 330 g/mol. The highest BCUT2D eigenvalue weighted by Crippen LogP contribution is 2.19. The van der Waals surface area contributed by atoms with Crippen LogP contribution >= 0.6 is 22.7 Å². The number of hydrogen-bond donors (Lipinski definition) is 1. The highest BCUT2D eigenvalue weighted by atomic mass is 32.1. The summed E-state index contributed by atoms with van der Waals surface area (Å²) >= 11 is 2.91. The van der Waals surface area contributed by atoms with Crippen LogP contribution in [0.15, 0.2) is 59.3 Å². The van der Waals surface area contributed by atoms with Crippen LogP contribution in [0, 0.1) is 0 Å². The lowest BCUT2D eigenvalue weighted by Crippen LogP contribution is -2.11. The number of rotatable bonds is 5. The van der Waals surface area contributed by atoms with Gasteiger partial charge in [0.25, 0.3) is 5.91 Å². The molecule has 0 aliphatic heterocycles. The Morgan fingerprint density at radius 3 is 2.35 bits per heavy atom. The Morgan fingerprint density at radius 1 is 0.957 bits per heavy atom. The number of thiophene rings is 2. The molecule has 23 heavy (non-hydrogen) atoms. The van der Waals surface area contributed by atoms with Crippen molar-refractivity contribution >= 4 is 40.2 Å². The van der Waals surface area contributed by atoms with Gasteiger partial charge in [-0.25, -0.2) is 0 Å². The molecule has 4 nitrogen and oxygen atoms in total. The molecule has 0 fully saturated rings. The van der Waals surface area contributed by atoms with Crippen LogP contribution in [-0.2, 0) is 11.2 Å². The van der Waals surface area contributed by atoms with Gasteiger partial charge in [-0.3, -0.25) is 9.59 Å². The second-order valence-electron chi connectivity index (χ2n) is 4.69. The SMILES string of the molecule is O=C(Cc1cccs1)Oc1ccc(NC(=O)c2cccs2)cc1. The van der Waals surface area contributed by atoms with Gasteiger partial charge in [-0.1, -0.05) is 12.1 Å². The van der Waals surface area contributed by atoms with Crippen LogP contribution in [0.1, 0.15) is 14.5 Å². The van der Waals surface area contributed by atoms with Gasteiger partial charge in [0.05, 0.1) is 11.3 Å². The second-order valence-corrected chi connectivity index (χ2v) is 6.67. The fourth-order valence-electron chi connectivity index (χ4n) is 1.93. The molecule has 0 saturated carbocycles. The Bertz CT molecular complexity index is 778. The molecule has 1 N–H and O–H groups in total. The van der Waals surface area contributed by atoms with Gasteiger partial charge in [-0.05, 0) is 47.2 Å². The summed E-state index contributed by atoms with van der Waals surface area (Å²) in [4.78, 5) is 25.4. The average molecular weight is 343 g/mol. The quantitative estimate of drug-likeness (QED) is 0.558. The zero-order valence-corrected chi connectivity index (χ0v) is 13.7. The van der Waals surface area contributed by atoms with E-state index in [1.807, 2.05) is 29.0 Å². The van der Waals surface area contributed by atoms with Gasteiger partial charge in [0, 0.05) is 10.6 Å². The largest absolute Gasteiger partial charge is 0.426 e. The van der Waals surface area contributed by atoms with Crippen molar-refractivity contribution in [2.24, 2.45) is 0 Å². The fourth-order valence-corrected chi connectivity index (χ4v) is 3.24. The number of benzene rings is 1. The first-order valence-electron chi connectivity index (χ1n) is 6.89. The minimum Gasteiger partial charge on any atom is -0.426 e. The van der Waals surface area contributed by atoms with E-state index in [4.69, 9.17) is 4.74 Å². The molecule has 1 amide bonds. The molecule has 0 spiro atoms. The van der Waals surface area contributed by atoms with Gasteiger partial charge in [0.15, 0.2) is 0 Å². The number of anilines is 1. The normalized spacial score (nSPS) is 10.3. The molecular formula is C17H13NO3S2. The van der Waals surface area contributed by atoms with Gasteiger partial charge in [0.2, 0.25) is 0 Å². The molecule has 0 aliphatic carbocycles. The first-order valence-corrected chi connectivity index (χ1v) is 8.64. The number of hydrogen-bond acceptors (Lipinski definition) is 5. The molecule has 0 radical (unpaired) electrons. The number of ether oxygens (including phenoxy) is 1. The van der Waals surface area contributed by atoms with Crippen LogP contribution in [0.25, 0.3) is 0 Å². The van der Waals surface area contributed by atoms with E-state index >= 15 is 0 Å². The molecule has 0 unspecified atom stereocenters. The average Bonchev–Trinajstić information content (AvgIpc) is 3.22. The standard InChI is InChI=1S/C17H13NO3S2/c19-16(11-14-3-1-9-22-14)21-13-7-5-12(6-8-13)18-17(20)15-4-2-10-23-15/h1-10H,11H2,(H,18,20). The van der Waals surface area contributed by atoms with E-state index in [-0.39, 0.29) is 18.3 Å². The molecule has 0 saturated heterocycles. The lowest BCUT2D eigenvalue weighted by Gasteiger charge is -2.06. The maximum atomic E-state index is 11.9. The number of esters is 1. The molecule has 6 heteroatoms. The predicted molar refractivity (Wildman–Crippen MR) is 92.4 cm³/mol. The molecule has 2 aromatic heterocycles. The Balaban J connectivity index is 1.56. The lowest BCUT2D eigenvalue weighted by atomic mass is 10.3. The Morgan fingerprint density at radius 2 is 1.70 bits per heavy atom. The van der Waals surface area contributed by atoms with E-state index in [9.17, 15) is 9.59 Å². The second kappa shape index (κ2) is 7.21. The smallest absolute Gasteiger partial charge is 0.316 e. The monoisotopic (exact) mass is 343 g/mol. The molecule has 0 bridgehead atoms. The van der Waals surface area contributed by atoms with Gasteiger partial charge in [-0.2, -0.15) is 0 Å². The summed E-state index contributed by atoms with van der Waals surface area (Å²) in [7, 11) is 0. The third-order valence-corrected chi connectivity index (χ3v) is 4.73. The van der Waals surface area contributed by atoms with Crippen LogP contribution in [0.4, 0.5) is 5.69 Å². The van der Waals surface area contributed by atoms with E-state index in [0.717, 1.165) is 4.88 Å². The van der Waals surface area contributed by atoms with Crippen LogP contribution in [0.5, 0.6) is 5.75 Å². The van der Waals surface area contributed by atoms with Crippen molar-refractivity contribution in [1.29, 1.82) is 0 Å². The first-order chi connectivity index (χ1) is 11.2. The van der Waals surface area contributed by atoms with Crippen LogP contribution in [0.2, 0.25) is 0 Å². The molecule has 0 aliphatic rings. The summed E-state index contributed by atoms with van der Waals surface area (Å²) in [5.74, 6) is 0.00550. The van der Waals surface area contributed by atoms with Crippen molar-refractivity contribution < 1.29 is 14.3 Å². The lowest BCUT2D eigenvalue weighted by molar-refractivity contribution is -0.133. The van der Waals surface area contributed by atoms with Gasteiger partial charge >= 0.3 is 5.97 Å². The summed E-state index contributed by atoms with van der Waals surface area (Å²) in [6.45, 7) is 0. The maximum absolute atomic E-state index is 11.9. The number of carbonyl (C=O) groups excluding carboxylic acids is 2. The fraction of sp³-hybridized carbons (Fsp3) is 0.0588. The van der Waals surface area contributed by atoms with E-state index in [2.05, 4.69) is 5.32 Å². The van der Waals surface area contributed by atoms with Gasteiger partial charge < -0.3 is 10.1 Å². The third kappa shape index (κ3) is 4.28. The number of nitrogens with one attached hydrogen (secondary N) is 1. The van der Waals surface area contributed by atoms with Gasteiger partial charge in [0.1, 0.15) is 5.75 Å². The number of amides is 1.